The Morgan fingerprint density at radius 2 is 2.12 bits per heavy atom. The Hall–Kier alpha value is -1.59. The number of nitrogens with zero attached hydrogens (tertiary/aromatic N) is 2. The molecule has 2 aliphatic rings. The summed E-state index contributed by atoms with van der Waals surface area (Å²) in [5.41, 5.74) is 0.0924. The maximum atomic E-state index is 13.3. The van der Waals surface area contributed by atoms with Crippen LogP contribution in [-0.4, -0.2) is 22.3 Å². The van der Waals surface area contributed by atoms with E-state index in [1.807, 2.05) is 0 Å². The average Bonchev–Trinajstić information content (AvgIpc) is 2.95. The van der Waals surface area contributed by atoms with Gasteiger partial charge in [-0.05, 0) is 42.7 Å². The summed E-state index contributed by atoms with van der Waals surface area (Å²) in [4.78, 5) is 19.0. The van der Waals surface area contributed by atoms with Crippen LogP contribution in [0.15, 0.2) is 12.3 Å². The molecule has 3 rings (SSSR count). The molecule has 0 unspecified atom stereocenters. The van der Waals surface area contributed by atoms with Gasteiger partial charge in [0.2, 0.25) is 5.91 Å². The minimum absolute atomic E-state index is 0.106. The molecule has 1 amide bonds. The lowest BCUT2D eigenvalue weighted by Crippen LogP contribution is -2.47. The zero-order valence-corrected chi connectivity index (χ0v) is 15.0. The van der Waals surface area contributed by atoms with Crippen LogP contribution in [0, 0.1) is 17.3 Å². The highest BCUT2D eigenvalue weighted by atomic mass is 19.4. The number of carbonyl (C=O) groups is 1. The molecule has 25 heavy (non-hydrogen) atoms. The van der Waals surface area contributed by atoms with Crippen molar-refractivity contribution < 1.29 is 18.0 Å². The summed E-state index contributed by atoms with van der Waals surface area (Å²) in [6, 6.07) is 1.15. The number of fused-ring (bicyclic) bond motifs is 1. The van der Waals surface area contributed by atoms with E-state index < -0.39 is 11.7 Å². The van der Waals surface area contributed by atoms with E-state index >= 15 is 0 Å². The fourth-order valence-electron chi connectivity index (χ4n) is 4.36. The van der Waals surface area contributed by atoms with Crippen LogP contribution in [0.4, 0.5) is 13.2 Å². The fraction of sp³-hybridized carbons (Fsp3) is 0.684. The summed E-state index contributed by atoms with van der Waals surface area (Å²) in [6.07, 6.45) is -0.224. The number of aromatic nitrogens is 1. The predicted molar refractivity (Wildman–Crippen MR) is 88.6 cm³/mol. The van der Waals surface area contributed by atoms with E-state index in [1.165, 1.54) is 0 Å². The van der Waals surface area contributed by atoms with E-state index in [2.05, 4.69) is 25.8 Å². The smallest absolute Gasteiger partial charge is 0.337 e. The van der Waals surface area contributed by atoms with Crippen molar-refractivity contribution in [2.24, 2.45) is 17.3 Å². The van der Waals surface area contributed by atoms with E-state index in [-0.39, 0.29) is 23.8 Å². The van der Waals surface area contributed by atoms with Gasteiger partial charge in [-0.2, -0.15) is 13.2 Å². The Balaban J connectivity index is 1.85. The van der Waals surface area contributed by atoms with Crippen molar-refractivity contribution in [2.75, 3.05) is 6.54 Å². The van der Waals surface area contributed by atoms with Gasteiger partial charge in [0, 0.05) is 31.4 Å². The standard InChI is InChI=1S/C19H25F3N2O/c1-12(2)18(6-4-13(3)9-18)17(25)24-7-5-16-14(11-24)8-15(10-23-16)19(20,21)22/h8,10,12-13H,4-7,9,11H2,1-3H3/t13-,18+/m1/s1. The molecule has 2 atom stereocenters. The SMILES string of the molecule is CC(C)[C@]1(C(=O)N2CCc3ncc(C(F)(F)F)cc3C2)CC[C@@H](C)C1. The van der Waals surface area contributed by atoms with E-state index in [4.69, 9.17) is 0 Å². The van der Waals surface area contributed by atoms with Gasteiger partial charge in [-0.3, -0.25) is 9.78 Å². The van der Waals surface area contributed by atoms with Gasteiger partial charge in [0.15, 0.2) is 0 Å². The van der Waals surface area contributed by atoms with Gasteiger partial charge in [-0.25, -0.2) is 0 Å². The van der Waals surface area contributed by atoms with Gasteiger partial charge in [0.1, 0.15) is 0 Å². The molecule has 3 nitrogen and oxygen atoms in total. The molecule has 0 N–H and O–H groups in total. The second kappa shape index (κ2) is 6.29. The summed E-state index contributed by atoms with van der Waals surface area (Å²) >= 11 is 0. The predicted octanol–water partition coefficient (Wildman–Crippen LogP) is 4.45. The number of pyridine rings is 1. The Morgan fingerprint density at radius 1 is 1.40 bits per heavy atom. The third-order valence-corrected chi connectivity index (χ3v) is 5.98. The molecule has 0 spiro atoms. The first-order valence-electron chi connectivity index (χ1n) is 8.98. The highest BCUT2D eigenvalue weighted by Crippen LogP contribution is 2.48. The van der Waals surface area contributed by atoms with Crippen LogP contribution >= 0.6 is 0 Å². The first-order chi connectivity index (χ1) is 11.6. The van der Waals surface area contributed by atoms with Crippen molar-refractivity contribution in [2.45, 2.75) is 59.2 Å². The first kappa shape index (κ1) is 18.2. The quantitative estimate of drug-likeness (QED) is 0.786. The minimum Gasteiger partial charge on any atom is -0.337 e. The van der Waals surface area contributed by atoms with Crippen molar-refractivity contribution in [1.82, 2.24) is 9.88 Å². The van der Waals surface area contributed by atoms with Crippen molar-refractivity contribution in [3.8, 4) is 0 Å². The molecule has 0 radical (unpaired) electrons. The van der Waals surface area contributed by atoms with E-state index in [0.29, 0.717) is 30.1 Å². The number of carbonyl (C=O) groups excluding carboxylic acids is 1. The first-order valence-corrected chi connectivity index (χ1v) is 8.98. The van der Waals surface area contributed by atoms with Crippen LogP contribution in [0.5, 0.6) is 0 Å². The lowest BCUT2D eigenvalue weighted by Gasteiger charge is -2.39. The number of alkyl halides is 3. The molecule has 1 saturated carbocycles. The maximum absolute atomic E-state index is 13.3. The third-order valence-electron chi connectivity index (χ3n) is 5.98. The number of rotatable bonds is 2. The maximum Gasteiger partial charge on any atom is 0.417 e. The lowest BCUT2D eigenvalue weighted by molar-refractivity contribution is -0.146. The van der Waals surface area contributed by atoms with E-state index in [0.717, 1.165) is 31.5 Å². The molecule has 1 aromatic rings. The molecule has 1 aliphatic carbocycles. The highest BCUT2D eigenvalue weighted by molar-refractivity contribution is 5.83. The molecule has 0 saturated heterocycles. The van der Waals surface area contributed by atoms with Crippen molar-refractivity contribution in [1.29, 1.82) is 0 Å². The van der Waals surface area contributed by atoms with E-state index in [1.54, 1.807) is 4.90 Å². The molecule has 1 aromatic heterocycles. The van der Waals surface area contributed by atoms with Gasteiger partial charge >= 0.3 is 6.18 Å². The largest absolute Gasteiger partial charge is 0.417 e. The molecule has 1 aliphatic heterocycles. The number of hydrogen-bond donors (Lipinski definition) is 0. The summed E-state index contributed by atoms with van der Waals surface area (Å²) in [7, 11) is 0. The van der Waals surface area contributed by atoms with Crippen LogP contribution in [0.25, 0.3) is 0 Å². The molecular weight excluding hydrogens is 329 g/mol. The average molecular weight is 354 g/mol. The molecule has 1 fully saturated rings. The highest BCUT2D eigenvalue weighted by Gasteiger charge is 2.48. The van der Waals surface area contributed by atoms with Gasteiger partial charge < -0.3 is 4.90 Å². The molecule has 138 valence electrons. The van der Waals surface area contributed by atoms with E-state index in [9.17, 15) is 18.0 Å². The van der Waals surface area contributed by atoms with Crippen molar-refractivity contribution in [3.63, 3.8) is 0 Å². The minimum atomic E-state index is -4.41. The third kappa shape index (κ3) is 3.27. The van der Waals surface area contributed by atoms with Gasteiger partial charge in [0.05, 0.1) is 11.0 Å². The van der Waals surface area contributed by atoms with Crippen molar-refractivity contribution >= 4 is 5.91 Å². The van der Waals surface area contributed by atoms with Crippen molar-refractivity contribution in [3.05, 3.63) is 29.1 Å². The lowest BCUT2D eigenvalue weighted by atomic mass is 9.73. The normalized spacial score (nSPS) is 26.8. The monoisotopic (exact) mass is 354 g/mol. The molecule has 2 heterocycles. The second-order valence-corrected chi connectivity index (χ2v) is 7.96. The Morgan fingerprint density at radius 3 is 2.68 bits per heavy atom. The molecule has 6 heteroatoms. The molecule has 0 bridgehead atoms. The van der Waals surface area contributed by atoms with Crippen LogP contribution in [0.2, 0.25) is 0 Å². The van der Waals surface area contributed by atoms with Gasteiger partial charge in [0.25, 0.3) is 0 Å². The van der Waals surface area contributed by atoms with Crippen LogP contribution in [0.3, 0.4) is 0 Å². The Labute approximate surface area is 146 Å². The topological polar surface area (TPSA) is 33.2 Å². The van der Waals surface area contributed by atoms with Crippen LogP contribution < -0.4 is 0 Å². The van der Waals surface area contributed by atoms with Crippen LogP contribution in [-0.2, 0) is 23.9 Å². The Bertz CT molecular complexity index is 671. The number of amides is 1. The molecular formula is C19H25F3N2O. The Kier molecular flexibility index (Phi) is 4.58. The van der Waals surface area contributed by atoms with Crippen LogP contribution in [0.1, 0.15) is 56.9 Å². The fourth-order valence-corrected chi connectivity index (χ4v) is 4.36. The summed E-state index contributed by atoms with van der Waals surface area (Å²) in [5, 5.41) is 0. The zero-order chi connectivity index (χ0) is 18.4. The summed E-state index contributed by atoms with van der Waals surface area (Å²) in [5.74, 6) is 0.850. The number of hydrogen-bond acceptors (Lipinski definition) is 2. The molecule has 0 aromatic carbocycles. The second-order valence-electron chi connectivity index (χ2n) is 7.96. The van der Waals surface area contributed by atoms with Gasteiger partial charge in [-0.15, -0.1) is 0 Å². The number of halogens is 3. The summed E-state index contributed by atoms with van der Waals surface area (Å²) < 4.78 is 38.8. The zero-order valence-electron chi connectivity index (χ0n) is 15.0. The summed E-state index contributed by atoms with van der Waals surface area (Å²) in [6.45, 7) is 7.09. The van der Waals surface area contributed by atoms with Gasteiger partial charge in [-0.1, -0.05) is 20.8 Å².